The SMILES string of the molecule is NNc1nc(C(=O)NC2CCCSC2)cc2ccccc12. The summed E-state index contributed by atoms with van der Waals surface area (Å²) in [6.07, 6.45) is 2.19. The summed E-state index contributed by atoms with van der Waals surface area (Å²) in [6.45, 7) is 0. The van der Waals surface area contributed by atoms with E-state index in [2.05, 4.69) is 15.7 Å². The zero-order valence-corrected chi connectivity index (χ0v) is 12.5. The number of hydrazine groups is 1. The van der Waals surface area contributed by atoms with E-state index in [9.17, 15) is 4.79 Å². The van der Waals surface area contributed by atoms with Gasteiger partial charge in [0.05, 0.1) is 0 Å². The second-order valence-electron chi connectivity index (χ2n) is 5.11. The summed E-state index contributed by atoms with van der Waals surface area (Å²) in [5.41, 5.74) is 2.97. The fourth-order valence-electron chi connectivity index (χ4n) is 2.54. The number of hydrogen-bond acceptors (Lipinski definition) is 5. The van der Waals surface area contributed by atoms with Crippen LogP contribution in [0.1, 0.15) is 23.3 Å². The maximum atomic E-state index is 12.4. The zero-order valence-electron chi connectivity index (χ0n) is 11.6. The van der Waals surface area contributed by atoms with Crippen LogP contribution in [0.15, 0.2) is 30.3 Å². The fraction of sp³-hybridized carbons (Fsp3) is 0.333. The number of pyridine rings is 1. The normalized spacial score (nSPS) is 18.4. The number of hydrogen-bond donors (Lipinski definition) is 3. The van der Waals surface area contributed by atoms with Crippen LogP contribution < -0.4 is 16.6 Å². The predicted molar refractivity (Wildman–Crippen MR) is 87.4 cm³/mol. The number of rotatable bonds is 3. The van der Waals surface area contributed by atoms with Crippen LogP contribution in [0.5, 0.6) is 0 Å². The zero-order chi connectivity index (χ0) is 14.7. The van der Waals surface area contributed by atoms with Crippen LogP contribution >= 0.6 is 11.8 Å². The molecule has 0 spiro atoms. The Bertz CT molecular complexity index is 655. The van der Waals surface area contributed by atoms with Crippen molar-refractivity contribution in [2.75, 3.05) is 16.9 Å². The molecule has 0 aliphatic carbocycles. The van der Waals surface area contributed by atoms with E-state index in [0.717, 1.165) is 29.4 Å². The summed E-state index contributed by atoms with van der Waals surface area (Å²) in [5, 5.41) is 4.92. The molecule has 0 radical (unpaired) electrons. The average Bonchev–Trinajstić information content (AvgIpc) is 2.54. The molecule has 1 aliphatic heterocycles. The summed E-state index contributed by atoms with van der Waals surface area (Å²) in [6, 6.07) is 9.77. The Kier molecular flexibility index (Phi) is 4.26. The van der Waals surface area contributed by atoms with Crippen LogP contribution in [0.4, 0.5) is 5.82 Å². The highest BCUT2D eigenvalue weighted by Gasteiger charge is 2.18. The predicted octanol–water partition coefficient (Wildman–Crippen LogP) is 2.15. The number of benzene rings is 1. The van der Waals surface area contributed by atoms with Crippen molar-refractivity contribution < 1.29 is 4.79 Å². The summed E-state index contributed by atoms with van der Waals surface area (Å²) >= 11 is 1.88. The van der Waals surface area contributed by atoms with Gasteiger partial charge < -0.3 is 10.7 Å². The van der Waals surface area contributed by atoms with Gasteiger partial charge in [-0.3, -0.25) is 4.79 Å². The fourth-order valence-corrected chi connectivity index (χ4v) is 3.61. The van der Waals surface area contributed by atoms with Crippen molar-refractivity contribution in [1.82, 2.24) is 10.3 Å². The van der Waals surface area contributed by atoms with Gasteiger partial charge in [0, 0.05) is 17.2 Å². The molecule has 1 saturated heterocycles. The van der Waals surface area contributed by atoms with Crippen LogP contribution in [0.3, 0.4) is 0 Å². The second-order valence-corrected chi connectivity index (χ2v) is 6.26. The van der Waals surface area contributed by atoms with Gasteiger partial charge in [-0.05, 0) is 30.0 Å². The lowest BCUT2D eigenvalue weighted by Crippen LogP contribution is -2.38. The van der Waals surface area contributed by atoms with Crippen molar-refractivity contribution in [3.05, 3.63) is 36.0 Å². The lowest BCUT2D eigenvalue weighted by molar-refractivity contribution is 0.0934. The van der Waals surface area contributed by atoms with E-state index in [0.29, 0.717) is 11.5 Å². The average molecular weight is 302 g/mol. The first kappa shape index (κ1) is 14.2. The number of anilines is 1. The van der Waals surface area contributed by atoms with Gasteiger partial charge in [0.15, 0.2) is 0 Å². The Morgan fingerprint density at radius 2 is 2.24 bits per heavy atom. The first-order chi connectivity index (χ1) is 10.3. The Balaban J connectivity index is 1.87. The van der Waals surface area contributed by atoms with E-state index in [1.165, 1.54) is 5.75 Å². The summed E-state index contributed by atoms with van der Waals surface area (Å²) in [4.78, 5) is 16.7. The molecule has 2 aromatic rings. The van der Waals surface area contributed by atoms with Crippen LogP contribution in [0.25, 0.3) is 10.8 Å². The number of carbonyl (C=O) groups excluding carboxylic acids is 1. The van der Waals surface area contributed by atoms with Crippen molar-refractivity contribution in [2.24, 2.45) is 5.84 Å². The molecule has 1 aromatic carbocycles. The van der Waals surface area contributed by atoms with Gasteiger partial charge in [-0.25, -0.2) is 10.8 Å². The van der Waals surface area contributed by atoms with Crippen LogP contribution in [-0.2, 0) is 0 Å². The first-order valence-corrected chi connectivity index (χ1v) is 8.18. The number of nitrogen functional groups attached to an aromatic ring is 1. The Labute approximate surface area is 127 Å². The highest BCUT2D eigenvalue weighted by atomic mass is 32.2. The van der Waals surface area contributed by atoms with Crippen molar-refractivity contribution in [2.45, 2.75) is 18.9 Å². The molecular formula is C15H18N4OS. The van der Waals surface area contributed by atoms with Gasteiger partial charge in [-0.15, -0.1) is 0 Å². The maximum absolute atomic E-state index is 12.4. The van der Waals surface area contributed by atoms with Gasteiger partial charge in [-0.1, -0.05) is 24.3 Å². The van der Waals surface area contributed by atoms with E-state index in [1.54, 1.807) is 0 Å². The van der Waals surface area contributed by atoms with Gasteiger partial charge in [0.1, 0.15) is 11.5 Å². The van der Waals surface area contributed by atoms with Crippen molar-refractivity contribution in [3.63, 3.8) is 0 Å². The second kappa shape index (κ2) is 6.32. The molecular weight excluding hydrogens is 284 g/mol. The first-order valence-electron chi connectivity index (χ1n) is 7.03. The smallest absolute Gasteiger partial charge is 0.270 e. The van der Waals surface area contributed by atoms with Gasteiger partial charge >= 0.3 is 0 Å². The molecule has 3 rings (SSSR count). The van der Waals surface area contributed by atoms with E-state index >= 15 is 0 Å². The molecule has 5 nitrogen and oxygen atoms in total. The quantitative estimate of drug-likeness (QED) is 0.598. The molecule has 1 amide bonds. The van der Waals surface area contributed by atoms with E-state index in [-0.39, 0.29) is 11.9 Å². The van der Waals surface area contributed by atoms with Crippen LogP contribution in [-0.4, -0.2) is 28.4 Å². The Morgan fingerprint density at radius 3 is 3.00 bits per heavy atom. The highest BCUT2D eigenvalue weighted by Crippen LogP contribution is 2.22. The molecule has 110 valence electrons. The summed E-state index contributed by atoms with van der Waals surface area (Å²) < 4.78 is 0. The molecule has 21 heavy (non-hydrogen) atoms. The Morgan fingerprint density at radius 1 is 1.38 bits per heavy atom. The molecule has 1 fully saturated rings. The lowest BCUT2D eigenvalue weighted by Gasteiger charge is -2.22. The number of carbonyl (C=O) groups is 1. The van der Waals surface area contributed by atoms with Crippen LogP contribution in [0, 0.1) is 0 Å². The monoisotopic (exact) mass is 302 g/mol. The molecule has 1 atom stereocenters. The third-order valence-corrected chi connectivity index (χ3v) is 4.82. The topological polar surface area (TPSA) is 80.0 Å². The highest BCUT2D eigenvalue weighted by molar-refractivity contribution is 7.99. The largest absolute Gasteiger partial charge is 0.347 e. The number of thioether (sulfide) groups is 1. The Hall–Kier alpha value is -1.79. The molecule has 2 heterocycles. The van der Waals surface area contributed by atoms with Crippen molar-refractivity contribution in [3.8, 4) is 0 Å². The van der Waals surface area contributed by atoms with E-state index < -0.39 is 0 Å². The molecule has 0 saturated carbocycles. The molecule has 4 N–H and O–H groups in total. The van der Waals surface area contributed by atoms with Crippen LogP contribution in [0.2, 0.25) is 0 Å². The third kappa shape index (κ3) is 3.11. The van der Waals surface area contributed by atoms with Gasteiger partial charge in [0.25, 0.3) is 5.91 Å². The number of nitrogens with zero attached hydrogens (tertiary/aromatic N) is 1. The lowest BCUT2D eigenvalue weighted by atomic mass is 10.1. The maximum Gasteiger partial charge on any atom is 0.270 e. The van der Waals surface area contributed by atoms with Gasteiger partial charge in [0.2, 0.25) is 0 Å². The summed E-state index contributed by atoms with van der Waals surface area (Å²) in [7, 11) is 0. The van der Waals surface area contributed by atoms with Gasteiger partial charge in [-0.2, -0.15) is 11.8 Å². The van der Waals surface area contributed by atoms with E-state index in [1.807, 2.05) is 42.1 Å². The van der Waals surface area contributed by atoms with Crippen molar-refractivity contribution in [1.29, 1.82) is 0 Å². The minimum atomic E-state index is -0.134. The molecule has 1 unspecified atom stereocenters. The molecule has 1 aromatic heterocycles. The minimum absolute atomic E-state index is 0.134. The number of amides is 1. The number of fused-ring (bicyclic) bond motifs is 1. The third-order valence-electron chi connectivity index (χ3n) is 3.61. The molecule has 1 aliphatic rings. The minimum Gasteiger partial charge on any atom is -0.347 e. The van der Waals surface area contributed by atoms with E-state index in [4.69, 9.17) is 5.84 Å². The number of nitrogens with one attached hydrogen (secondary N) is 2. The molecule has 6 heteroatoms. The molecule has 0 bridgehead atoms. The van der Waals surface area contributed by atoms with Crippen molar-refractivity contribution >= 4 is 34.3 Å². The summed E-state index contributed by atoms with van der Waals surface area (Å²) in [5.74, 6) is 8.07. The standard InChI is InChI=1S/C15H18N4OS/c16-19-14-12-6-2-1-4-10(12)8-13(18-14)15(20)17-11-5-3-7-21-9-11/h1-2,4,6,8,11H,3,5,7,9,16H2,(H,17,20)(H,18,19). The number of aromatic nitrogens is 1. The number of nitrogens with two attached hydrogens (primary N) is 1.